The third kappa shape index (κ3) is 2.72. The summed E-state index contributed by atoms with van der Waals surface area (Å²) in [5.41, 5.74) is 5.53. The Morgan fingerprint density at radius 1 is 1.75 bits per heavy atom. The summed E-state index contributed by atoms with van der Waals surface area (Å²) in [5.74, 6) is 0.149. The molecule has 1 unspecified atom stereocenters. The van der Waals surface area contributed by atoms with Crippen LogP contribution in [-0.4, -0.2) is 41.7 Å². The van der Waals surface area contributed by atoms with Gasteiger partial charge in [0.25, 0.3) is 0 Å². The number of ether oxygens (including phenoxy) is 1. The number of oxime groups is 1. The molecule has 1 aliphatic heterocycles. The van der Waals surface area contributed by atoms with E-state index >= 15 is 0 Å². The molecule has 1 fully saturated rings. The SMILES string of the molecule is NC(=NO)C1CN(Cc2cccs2)CCO1. The molecule has 0 spiro atoms. The van der Waals surface area contributed by atoms with Crippen LogP contribution in [0, 0.1) is 0 Å². The van der Waals surface area contributed by atoms with Gasteiger partial charge in [-0.1, -0.05) is 11.2 Å². The molecule has 3 N–H and O–H groups in total. The van der Waals surface area contributed by atoms with Gasteiger partial charge in [0.2, 0.25) is 0 Å². The minimum Gasteiger partial charge on any atom is -0.409 e. The van der Waals surface area contributed by atoms with Gasteiger partial charge in [-0.3, -0.25) is 4.90 Å². The second-order valence-corrected chi connectivity index (χ2v) is 4.73. The quantitative estimate of drug-likeness (QED) is 0.353. The normalized spacial score (nSPS) is 23.5. The second-order valence-electron chi connectivity index (χ2n) is 3.70. The van der Waals surface area contributed by atoms with Crippen molar-refractivity contribution in [3.8, 4) is 0 Å². The summed E-state index contributed by atoms with van der Waals surface area (Å²) >= 11 is 1.74. The third-order valence-electron chi connectivity index (χ3n) is 2.56. The van der Waals surface area contributed by atoms with Gasteiger partial charge in [-0.15, -0.1) is 11.3 Å². The van der Waals surface area contributed by atoms with Gasteiger partial charge in [-0.2, -0.15) is 0 Å². The Morgan fingerprint density at radius 3 is 3.31 bits per heavy atom. The number of morpholine rings is 1. The van der Waals surface area contributed by atoms with E-state index in [2.05, 4.69) is 21.5 Å². The van der Waals surface area contributed by atoms with Gasteiger partial charge in [0, 0.05) is 24.5 Å². The van der Waals surface area contributed by atoms with Gasteiger partial charge >= 0.3 is 0 Å². The first kappa shape index (κ1) is 11.4. The lowest BCUT2D eigenvalue weighted by atomic mass is 10.2. The van der Waals surface area contributed by atoms with Crippen LogP contribution in [0.25, 0.3) is 0 Å². The molecule has 0 aliphatic carbocycles. The Kier molecular flexibility index (Phi) is 3.76. The zero-order chi connectivity index (χ0) is 11.4. The lowest BCUT2D eigenvalue weighted by Gasteiger charge is -2.31. The molecule has 0 saturated carbocycles. The second kappa shape index (κ2) is 5.29. The molecule has 6 heteroatoms. The van der Waals surface area contributed by atoms with Gasteiger partial charge in [0.05, 0.1) is 6.61 Å². The van der Waals surface area contributed by atoms with E-state index in [-0.39, 0.29) is 11.9 Å². The number of rotatable bonds is 3. The Hall–Kier alpha value is -1.11. The molecular formula is C10H15N3O2S. The third-order valence-corrected chi connectivity index (χ3v) is 3.42. The predicted molar refractivity (Wildman–Crippen MR) is 62.7 cm³/mol. The Morgan fingerprint density at radius 2 is 2.62 bits per heavy atom. The van der Waals surface area contributed by atoms with E-state index in [4.69, 9.17) is 15.7 Å². The summed E-state index contributed by atoms with van der Waals surface area (Å²) in [6.07, 6.45) is -0.293. The van der Waals surface area contributed by atoms with E-state index in [9.17, 15) is 0 Å². The van der Waals surface area contributed by atoms with Crippen LogP contribution in [0.15, 0.2) is 22.7 Å². The van der Waals surface area contributed by atoms with Crippen molar-refractivity contribution in [1.82, 2.24) is 4.90 Å². The highest BCUT2D eigenvalue weighted by molar-refractivity contribution is 7.09. The minimum absolute atomic E-state index is 0.149. The molecule has 2 rings (SSSR count). The molecule has 1 aromatic heterocycles. The highest BCUT2D eigenvalue weighted by Gasteiger charge is 2.23. The summed E-state index contributed by atoms with van der Waals surface area (Å²) in [7, 11) is 0. The summed E-state index contributed by atoms with van der Waals surface area (Å²) in [4.78, 5) is 3.57. The molecule has 0 radical (unpaired) electrons. The Bertz CT molecular complexity index is 353. The molecule has 1 saturated heterocycles. The van der Waals surface area contributed by atoms with Crippen molar-refractivity contribution in [2.24, 2.45) is 10.9 Å². The topological polar surface area (TPSA) is 71.1 Å². The van der Waals surface area contributed by atoms with E-state index in [1.54, 1.807) is 11.3 Å². The van der Waals surface area contributed by atoms with Gasteiger partial charge < -0.3 is 15.7 Å². The van der Waals surface area contributed by atoms with Gasteiger partial charge in [-0.25, -0.2) is 0 Å². The van der Waals surface area contributed by atoms with E-state index in [1.807, 2.05) is 6.07 Å². The van der Waals surface area contributed by atoms with E-state index in [0.29, 0.717) is 13.2 Å². The van der Waals surface area contributed by atoms with Crippen LogP contribution in [0.2, 0.25) is 0 Å². The maximum atomic E-state index is 8.60. The van der Waals surface area contributed by atoms with Gasteiger partial charge in [-0.05, 0) is 11.4 Å². The lowest BCUT2D eigenvalue weighted by molar-refractivity contribution is 0.00178. The molecule has 2 heterocycles. The molecule has 1 aromatic rings. The van der Waals surface area contributed by atoms with Crippen LogP contribution in [-0.2, 0) is 11.3 Å². The molecule has 1 atom stereocenters. The number of hydrogen-bond donors (Lipinski definition) is 2. The molecule has 0 aromatic carbocycles. The largest absolute Gasteiger partial charge is 0.409 e. The Labute approximate surface area is 98.1 Å². The minimum atomic E-state index is -0.293. The van der Waals surface area contributed by atoms with Crippen molar-refractivity contribution >= 4 is 17.2 Å². The van der Waals surface area contributed by atoms with Crippen molar-refractivity contribution in [3.05, 3.63) is 22.4 Å². The fraction of sp³-hybridized carbons (Fsp3) is 0.500. The number of hydrogen-bond acceptors (Lipinski definition) is 5. The number of thiophene rings is 1. The average Bonchev–Trinajstić information content (AvgIpc) is 2.81. The van der Waals surface area contributed by atoms with Crippen LogP contribution < -0.4 is 5.73 Å². The summed E-state index contributed by atoms with van der Waals surface area (Å²) in [6, 6.07) is 4.15. The molecule has 16 heavy (non-hydrogen) atoms. The van der Waals surface area contributed by atoms with Crippen LogP contribution in [0.4, 0.5) is 0 Å². The van der Waals surface area contributed by atoms with Crippen molar-refractivity contribution in [2.45, 2.75) is 12.6 Å². The average molecular weight is 241 g/mol. The standard InChI is InChI=1S/C10H15N3O2S/c11-10(12-14)9-7-13(3-4-15-9)6-8-2-1-5-16-8/h1-2,5,9,14H,3-4,6-7H2,(H2,11,12). The maximum absolute atomic E-state index is 8.60. The van der Waals surface area contributed by atoms with Crippen molar-refractivity contribution in [1.29, 1.82) is 0 Å². The van der Waals surface area contributed by atoms with Gasteiger partial charge in [0.15, 0.2) is 5.84 Å². The molecular weight excluding hydrogens is 226 g/mol. The molecule has 88 valence electrons. The first-order valence-corrected chi connectivity index (χ1v) is 6.01. The van der Waals surface area contributed by atoms with Crippen LogP contribution in [0.3, 0.4) is 0 Å². The maximum Gasteiger partial charge on any atom is 0.169 e. The van der Waals surface area contributed by atoms with Crippen LogP contribution in [0.1, 0.15) is 4.88 Å². The fourth-order valence-corrected chi connectivity index (χ4v) is 2.46. The first-order valence-electron chi connectivity index (χ1n) is 5.13. The zero-order valence-electron chi connectivity index (χ0n) is 8.87. The van der Waals surface area contributed by atoms with Crippen molar-refractivity contribution in [3.63, 3.8) is 0 Å². The summed E-state index contributed by atoms with van der Waals surface area (Å²) < 4.78 is 5.43. The molecule has 0 bridgehead atoms. The number of nitrogens with zero attached hydrogens (tertiary/aromatic N) is 2. The van der Waals surface area contributed by atoms with E-state index in [0.717, 1.165) is 13.1 Å². The zero-order valence-corrected chi connectivity index (χ0v) is 9.69. The summed E-state index contributed by atoms with van der Waals surface area (Å²) in [6.45, 7) is 3.07. The number of amidine groups is 1. The van der Waals surface area contributed by atoms with Crippen molar-refractivity contribution < 1.29 is 9.94 Å². The van der Waals surface area contributed by atoms with E-state index < -0.39 is 0 Å². The molecule has 0 amide bonds. The lowest BCUT2D eigenvalue weighted by Crippen LogP contribution is -2.47. The smallest absolute Gasteiger partial charge is 0.169 e. The first-order chi connectivity index (χ1) is 7.79. The van der Waals surface area contributed by atoms with Crippen LogP contribution in [0.5, 0.6) is 0 Å². The van der Waals surface area contributed by atoms with Crippen molar-refractivity contribution in [2.75, 3.05) is 19.7 Å². The molecule has 5 nitrogen and oxygen atoms in total. The fourth-order valence-electron chi connectivity index (χ4n) is 1.71. The monoisotopic (exact) mass is 241 g/mol. The Balaban J connectivity index is 1.92. The number of nitrogens with two attached hydrogens (primary N) is 1. The van der Waals surface area contributed by atoms with Crippen LogP contribution >= 0.6 is 11.3 Å². The summed E-state index contributed by atoms with van der Waals surface area (Å²) in [5, 5.41) is 13.7. The van der Waals surface area contributed by atoms with E-state index in [1.165, 1.54) is 4.88 Å². The highest BCUT2D eigenvalue weighted by Crippen LogP contribution is 2.14. The predicted octanol–water partition coefficient (Wildman–Crippen LogP) is 0.695. The molecule has 1 aliphatic rings. The highest BCUT2D eigenvalue weighted by atomic mass is 32.1. The van der Waals surface area contributed by atoms with Gasteiger partial charge in [0.1, 0.15) is 6.10 Å².